The van der Waals surface area contributed by atoms with E-state index in [2.05, 4.69) is 0 Å². The molecule has 0 radical (unpaired) electrons. The highest BCUT2D eigenvalue weighted by Gasteiger charge is 2.38. The van der Waals surface area contributed by atoms with E-state index in [0.29, 0.717) is 0 Å². The molecule has 1 atom stereocenters. The number of rotatable bonds is 2. The number of benzene rings is 1. The summed E-state index contributed by atoms with van der Waals surface area (Å²) in [4.78, 5) is 10.2. The van der Waals surface area contributed by atoms with E-state index < -0.39 is 10.5 Å². The quantitative estimate of drug-likeness (QED) is 0.627. The number of aliphatic hydroxyl groups is 1. The van der Waals surface area contributed by atoms with Crippen molar-refractivity contribution >= 4 is 5.57 Å². The maximum atomic E-state index is 10.8. The zero-order valence-electron chi connectivity index (χ0n) is 9.46. The molecule has 0 aromatic heterocycles. The Kier molecular flexibility index (Phi) is 2.81. The number of nitrogens with zero attached hydrogens (tertiary/aromatic N) is 1. The molecule has 17 heavy (non-hydrogen) atoms. The van der Waals surface area contributed by atoms with Gasteiger partial charge in [-0.25, -0.2) is 0 Å². The fourth-order valence-electron chi connectivity index (χ4n) is 1.99. The molecular weight excluding hydrogens is 218 g/mol. The number of hydrogen-bond acceptors (Lipinski definition) is 3. The Morgan fingerprint density at radius 3 is 2.47 bits per heavy atom. The molecule has 1 aromatic rings. The van der Waals surface area contributed by atoms with Crippen LogP contribution in [0, 0.1) is 10.1 Å². The third-order valence-electron chi connectivity index (χ3n) is 2.87. The minimum absolute atomic E-state index is 0.155. The third-order valence-corrected chi connectivity index (χ3v) is 2.87. The van der Waals surface area contributed by atoms with E-state index in [4.69, 9.17) is 0 Å². The van der Waals surface area contributed by atoms with Gasteiger partial charge in [-0.1, -0.05) is 36.4 Å². The van der Waals surface area contributed by atoms with Crippen LogP contribution >= 0.6 is 0 Å². The summed E-state index contributed by atoms with van der Waals surface area (Å²) in [5.74, 6) is 0. The SMILES string of the molecule is CC1(O)CC(c2ccccc2)=CC=C1[N+](=O)[O-]. The molecule has 4 nitrogen and oxygen atoms in total. The predicted octanol–water partition coefficient (Wildman–Crippen LogP) is 2.39. The molecule has 4 heteroatoms. The molecule has 1 unspecified atom stereocenters. The van der Waals surface area contributed by atoms with Gasteiger partial charge < -0.3 is 5.11 Å². The van der Waals surface area contributed by atoms with Crippen LogP contribution in [0.25, 0.3) is 5.57 Å². The van der Waals surface area contributed by atoms with Crippen LogP contribution in [-0.2, 0) is 0 Å². The first kappa shape index (κ1) is 11.5. The zero-order valence-corrected chi connectivity index (χ0v) is 9.46. The van der Waals surface area contributed by atoms with Gasteiger partial charge >= 0.3 is 0 Å². The Labute approximate surface area is 99.0 Å². The number of nitro groups is 1. The van der Waals surface area contributed by atoms with E-state index in [9.17, 15) is 15.2 Å². The Hall–Kier alpha value is -1.94. The molecule has 0 saturated heterocycles. The standard InChI is InChI=1S/C13H13NO3/c1-13(15)9-11(7-8-12(13)14(16)17)10-5-3-2-4-6-10/h2-8,15H,9H2,1H3. The van der Waals surface area contributed by atoms with Crippen molar-refractivity contribution in [2.45, 2.75) is 18.9 Å². The van der Waals surface area contributed by atoms with Crippen molar-refractivity contribution in [3.05, 3.63) is 63.9 Å². The summed E-state index contributed by atoms with van der Waals surface area (Å²) in [6.45, 7) is 1.47. The Morgan fingerprint density at radius 1 is 1.29 bits per heavy atom. The van der Waals surface area contributed by atoms with Gasteiger partial charge in [0.05, 0.1) is 4.92 Å². The zero-order chi connectivity index (χ0) is 12.5. The lowest BCUT2D eigenvalue weighted by Crippen LogP contribution is -2.33. The highest BCUT2D eigenvalue weighted by atomic mass is 16.6. The average molecular weight is 231 g/mol. The molecule has 0 fully saturated rings. The molecule has 1 aromatic carbocycles. The molecule has 1 aliphatic carbocycles. The summed E-state index contributed by atoms with van der Waals surface area (Å²) in [7, 11) is 0. The van der Waals surface area contributed by atoms with E-state index in [1.54, 1.807) is 6.08 Å². The van der Waals surface area contributed by atoms with E-state index in [0.717, 1.165) is 11.1 Å². The lowest BCUT2D eigenvalue weighted by atomic mass is 9.85. The maximum absolute atomic E-state index is 10.8. The fraction of sp³-hybridized carbons (Fsp3) is 0.231. The van der Waals surface area contributed by atoms with Crippen molar-refractivity contribution in [1.82, 2.24) is 0 Å². The molecule has 0 heterocycles. The average Bonchev–Trinajstić information content (AvgIpc) is 2.28. The smallest absolute Gasteiger partial charge is 0.277 e. The summed E-state index contributed by atoms with van der Waals surface area (Å²) < 4.78 is 0. The second kappa shape index (κ2) is 4.14. The molecule has 88 valence electrons. The van der Waals surface area contributed by atoms with Gasteiger partial charge in [0.2, 0.25) is 0 Å². The summed E-state index contributed by atoms with van der Waals surface area (Å²) >= 11 is 0. The van der Waals surface area contributed by atoms with Crippen LogP contribution in [-0.4, -0.2) is 15.6 Å². The minimum Gasteiger partial charge on any atom is -0.379 e. The van der Waals surface area contributed by atoms with Crippen LogP contribution < -0.4 is 0 Å². The van der Waals surface area contributed by atoms with Gasteiger partial charge in [-0.05, 0) is 18.1 Å². The molecule has 0 bridgehead atoms. The van der Waals surface area contributed by atoms with Crippen molar-refractivity contribution < 1.29 is 10.0 Å². The van der Waals surface area contributed by atoms with Crippen molar-refractivity contribution in [1.29, 1.82) is 0 Å². The van der Waals surface area contributed by atoms with Gasteiger partial charge in [-0.3, -0.25) is 10.1 Å². The van der Waals surface area contributed by atoms with Gasteiger partial charge in [-0.15, -0.1) is 0 Å². The Bertz CT molecular complexity index is 501. The van der Waals surface area contributed by atoms with Crippen molar-refractivity contribution in [2.24, 2.45) is 0 Å². The molecule has 1 aliphatic rings. The monoisotopic (exact) mass is 231 g/mol. The van der Waals surface area contributed by atoms with Crippen LogP contribution in [0.2, 0.25) is 0 Å². The van der Waals surface area contributed by atoms with Crippen molar-refractivity contribution in [2.75, 3.05) is 0 Å². The van der Waals surface area contributed by atoms with Crippen LogP contribution in [0.4, 0.5) is 0 Å². The van der Waals surface area contributed by atoms with Crippen molar-refractivity contribution in [3.63, 3.8) is 0 Å². The molecule has 0 saturated carbocycles. The second-order valence-corrected chi connectivity index (χ2v) is 4.32. The highest BCUT2D eigenvalue weighted by molar-refractivity contribution is 5.69. The fourth-order valence-corrected chi connectivity index (χ4v) is 1.99. The molecule has 1 N–H and O–H groups in total. The van der Waals surface area contributed by atoms with Gasteiger partial charge in [0.1, 0.15) is 0 Å². The first-order valence-corrected chi connectivity index (χ1v) is 5.34. The second-order valence-electron chi connectivity index (χ2n) is 4.32. The first-order chi connectivity index (χ1) is 8.00. The summed E-state index contributed by atoms with van der Waals surface area (Å²) in [5, 5.41) is 20.8. The van der Waals surface area contributed by atoms with E-state index >= 15 is 0 Å². The topological polar surface area (TPSA) is 63.4 Å². The van der Waals surface area contributed by atoms with Crippen LogP contribution in [0.15, 0.2) is 48.2 Å². The van der Waals surface area contributed by atoms with E-state index in [-0.39, 0.29) is 12.1 Å². The molecular formula is C13H13NO3. The molecule has 2 rings (SSSR count). The van der Waals surface area contributed by atoms with Gasteiger partial charge in [0.15, 0.2) is 5.60 Å². The van der Waals surface area contributed by atoms with Gasteiger partial charge in [-0.2, -0.15) is 0 Å². The Balaban J connectivity index is 2.39. The lowest BCUT2D eigenvalue weighted by Gasteiger charge is -2.24. The van der Waals surface area contributed by atoms with Crippen LogP contribution in [0.5, 0.6) is 0 Å². The summed E-state index contributed by atoms with van der Waals surface area (Å²) in [6, 6.07) is 9.55. The lowest BCUT2D eigenvalue weighted by molar-refractivity contribution is -0.443. The van der Waals surface area contributed by atoms with Crippen molar-refractivity contribution in [3.8, 4) is 0 Å². The van der Waals surface area contributed by atoms with Gasteiger partial charge in [0.25, 0.3) is 5.70 Å². The summed E-state index contributed by atoms with van der Waals surface area (Å²) in [5.41, 5.74) is 0.313. The Morgan fingerprint density at radius 2 is 1.94 bits per heavy atom. The van der Waals surface area contributed by atoms with E-state index in [1.165, 1.54) is 13.0 Å². The highest BCUT2D eigenvalue weighted by Crippen LogP contribution is 2.34. The third kappa shape index (κ3) is 2.26. The normalized spacial score (nSPS) is 23.9. The maximum Gasteiger partial charge on any atom is 0.277 e. The largest absolute Gasteiger partial charge is 0.379 e. The predicted molar refractivity (Wildman–Crippen MR) is 64.7 cm³/mol. The molecule has 0 aliphatic heterocycles. The molecule has 0 amide bonds. The molecule has 0 spiro atoms. The summed E-state index contributed by atoms with van der Waals surface area (Å²) in [6.07, 6.45) is 3.33. The minimum atomic E-state index is -1.41. The number of hydrogen-bond donors (Lipinski definition) is 1. The van der Waals surface area contributed by atoms with Crippen LogP contribution in [0.3, 0.4) is 0 Å². The first-order valence-electron chi connectivity index (χ1n) is 5.34. The van der Waals surface area contributed by atoms with Crippen LogP contribution in [0.1, 0.15) is 18.9 Å². The van der Waals surface area contributed by atoms with Gasteiger partial charge in [0, 0.05) is 12.5 Å². The number of allylic oxidation sites excluding steroid dienone is 2. The van der Waals surface area contributed by atoms with E-state index in [1.807, 2.05) is 30.3 Å².